The number of pyridine rings is 1. The fourth-order valence-corrected chi connectivity index (χ4v) is 3.42. The van der Waals surface area contributed by atoms with Crippen LogP contribution in [0, 0.1) is 5.92 Å². The van der Waals surface area contributed by atoms with E-state index < -0.39 is 0 Å². The third-order valence-electron chi connectivity index (χ3n) is 4.73. The highest BCUT2D eigenvalue weighted by molar-refractivity contribution is 5.85. The lowest BCUT2D eigenvalue weighted by Gasteiger charge is -2.18. The van der Waals surface area contributed by atoms with E-state index in [1.165, 1.54) is 5.56 Å². The van der Waals surface area contributed by atoms with Gasteiger partial charge >= 0.3 is 5.97 Å². The van der Waals surface area contributed by atoms with Crippen LogP contribution in [0.15, 0.2) is 12.1 Å². The summed E-state index contributed by atoms with van der Waals surface area (Å²) in [6.45, 7) is 3.81. The lowest BCUT2D eigenvalue weighted by Crippen LogP contribution is -2.33. The van der Waals surface area contributed by atoms with Crippen molar-refractivity contribution in [2.75, 3.05) is 31.6 Å². The number of hydrogen-bond donors (Lipinski definition) is 1. The zero-order valence-electron chi connectivity index (χ0n) is 14.2. The molecule has 0 spiro atoms. The second-order valence-corrected chi connectivity index (χ2v) is 6.43. The van der Waals surface area contributed by atoms with Crippen LogP contribution in [-0.4, -0.2) is 48.0 Å². The third-order valence-corrected chi connectivity index (χ3v) is 4.73. The van der Waals surface area contributed by atoms with Crippen LogP contribution in [0.2, 0.25) is 0 Å². The minimum Gasteiger partial charge on any atom is -0.465 e. The van der Waals surface area contributed by atoms with Gasteiger partial charge in [0.15, 0.2) is 0 Å². The quantitative estimate of drug-likeness (QED) is 0.805. The van der Waals surface area contributed by atoms with E-state index in [1.54, 1.807) is 11.8 Å². The van der Waals surface area contributed by atoms with Crippen LogP contribution in [0.5, 0.6) is 0 Å². The van der Waals surface area contributed by atoms with Gasteiger partial charge in [0, 0.05) is 24.7 Å². The molecule has 1 amide bonds. The summed E-state index contributed by atoms with van der Waals surface area (Å²) in [7, 11) is 0. The second-order valence-electron chi connectivity index (χ2n) is 6.43. The molecule has 1 aromatic rings. The SMILES string of the molecule is CCOC(=O)CN1CCC(CCc2ccc3c(n2)NCCC3)C1=O. The van der Waals surface area contributed by atoms with Gasteiger partial charge in [0.25, 0.3) is 0 Å². The first kappa shape index (κ1) is 16.7. The van der Waals surface area contributed by atoms with E-state index in [4.69, 9.17) is 4.74 Å². The van der Waals surface area contributed by atoms with Gasteiger partial charge in [-0.1, -0.05) is 6.07 Å². The van der Waals surface area contributed by atoms with Crippen molar-refractivity contribution in [1.29, 1.82) is 0 Å². The molecule has 6 nitrogen and oxygen atoms in total. The number of ether oxygens (including phenoxy) is 1. The molecule has 1 atom stereocenters. The fourth-order valence-electron chi connectivity index (χ4n) is 3.42. The molecule has 1 saturated heterocycles. The molecule has 130 valence electrons. The molecular formula is C18H25N3O3. The molecule has 1 N–H and O–H groups in total. The molecule has 3 heterocycles. The molecule has 1 aromatic heterocycles. The fraction of sp³-hybridized carbons (Fsp3) is 0.611. The monoisotopic (exact) mass is 331 g/mol. The van der Waals surface area contributed by atoms with Crippen molar-refractivity contribution >= 4 is 17.7 Å². The Kier molecular flexibility index (Phi) is 5.33. The molecule has 2 aliphatic rings. The van der Waals surface area contributed by atoms with E-state index in [0.29, 0.717) is 13.2 Å². The number of aromatic nitrogens is 1. The summed E-state index contributed by atoms with van der Waals surface area (Å²) in [5.41, 5.74) is 2.31. The van der Waals surface area contributed by atoms with Gasteiger partial charge in [-0.05, 0) is 50.7 Å². The predicted octanol–water partition coefficient (Wildman–Crippen LogP) is 1.78. The predicted molar refractivity (Wildman–Crippen MR) is 90.7 cm³/mol. The Balaban J connectivity index is 1.52. The van der Waals surface area contributed by atoms with Gasteiger partial charge in [-0.3, -0.25) is 9.59 Å². The number of amides is 1. The maximum absolute atomic E-state index is 12.4. The Hall–Kier alpha value is -2.11. The summed E-state index contributed by atoms with van der Waals surface area (Å²) in [6, 6.07) is 4.22. The molecule has 0 saturated carbocycles. The number of aryl methyl sites for hydroxylation is 2. The van der Waals surface area contributed by atoms with E-state index in [1.807, 2.05) is 0 Å². The van der Waals surface area contributed by atoms with Gasteiger partial charge < -0.3 is 15.0 Å². The molecular weight excluding hydrogens is 306 g/mol. The molecule has 0 radical (unpaired) electrons. The number of nitrogens with one attached hydrogen (secondary N) is 1. The number of esters is 1. The molecule has 1 fully saturated rings. The van der Waals surface area contributed by atoms with Crippen molar-refractivity contribution in [2.45, 2.75) is 39.0 Å². The zero-order valence-corrected chi connectivity index (χ0v) is 14.2. The highest BCUT2D eigenvalue weighted by atomic mass is 16.5. The van der Waals surface area contributed by atoms with Crippen molar-refractivity contribution in [3.05, 3.63) is 23.4 Å². The van der Waals surface area contributed by atoms with Crippen molar-refractivity contribution in [1.82, 2.24) is 9.88 Å². The van der Waals surface area contributed by atoms with Gasteiger partial charge in [0.05, 0.1) is 6.61 Å². The lowest BCUT2D eigenvalue weighted by atomic mass is 9.99. The minimum atomic E-state index is -0.325. The second kappa shape index (κ2) is 7.64. The number of fused-ring (bicyclic) bond motifs is 1. The largest absolute Gasteiger partial charge is 0.465 e. The van der Waals surface area contributed by atoms with Crippen LogP contribution in [-0.2, 0) is 27.2 Å². The molecule has 24 heavy (non-hydrogen) atoms. The van der Waals surface area contributed by atoms with Crippen LogP contribution in [0.25, 0.3) is 0 Å². The first-order valence-corrected chi connectivity index (χ1v) is 8.84. The van der Waals surface area contributed by atoms with E-state index >= 15 is 0 Å². The van der Waals surface area contributed by atoms with Gasteiger partial charge in [0.2, 0.25) is 5.91 Å². The van der Waals surface area contributed by atoms with E-state index in [9.17, 15) is 9.59 Å². The average Bonchev–Trinajstić information content (AvgIpc) is 2.93. The highest BCUT2D eigenvalue weighted by Crippen LogP contribution is 2.24. The van der Waals surface area contributed by atoms with Gasteiger partial charge in [-0.25, -0.2) is 4.98 Å². The lowest BCUT2D eigenvalue weighted by molar-refractivity contribution is -0.148. The summed E-state index contributed by atoms with van der Waals surface area (Å²) in [4.78, 5) is 30.2. The number of carbonyl (C=O) groups excluding carboxylic acids is 2. The van der Waals surface area contributed by atoms with Crippen molar-refractivity contribution < 1.29 is 14.3 Å². The Morgan fingerprint density at radius 1 is 1.46 bits per heavy atom. The van der Waals surface area contributed by atoms with E-state index in [-0.39, 0.29) is 24.3 Å². The number of anilines is 1. The van der Waals surface area contributed by atoms with Crippen LogP contribution < -0.4 is 5.32 Å². The number of likely N-dealkylation sites (tertiary alicyclic amines) is 1. The number of hydrogen-bond acceptors (Lipinski definition) is 5. The normalized spacial score (nSPS) is 19.8. The van der Waals surface area contributed by atoms with Gasteiger partial charge in [0.1, 0.15) is 12.4 Å². The Labute approximate surface area is 142 Å². The Morgan fingerprint density at radius 2 is 2.33 bits per heavy atom. The maximum atomic E-state index is 12.4. The van der Waals surface area contributed by atoms with Crippen molar-refractivity contribution in [3.63, 3.8) is 0 Å². The summed E-state index contributed by atoms with van der Waals surface area (Å²) < 4.78 is 4.92. The summed E-state index contributed by atoms with van der Waals surface area (Å²) in [5.74, 6) is 0.735. The first-order chi connectivity index (χ1) is 11.7. The molecule has 3 rings (SSSR count). The summed E-state index contributed by atoms with van der Waals surface area (Å²) in [6.07, 6.45) is 4.62. The van der Waals surface area contributed by atoms with Crippen LogP contribution in [0.4, 0.5) is 5.82 Å². The zero-order chi connectivity index (χ0) is 16.9. The smallest absolute Gasteiger partial charge is 0.325 e. The number of nitrogens with zero attached hydrogens (tertiary/aromatic N) is 2. The third kappa shape index (κ3) is 3.86. The summed E-state index contributed by atoms with van der Waals surface area (Å²) >= 11 is 0. The van der Waals surface area contributed by atoms with E-state index in [0.717, 1.165) is 50.2 Å². The topological polar surface area (TPSA) is 71.5 Å². The highest BCUT2D eigenvalue weighted by Gasteiger charge is 2.32. The summed E-state index contributed by atoms with van der Waals surface area (Å²) in [5, 5.41) is 3.34. The van der Waals surface area contributed by atoms with Gasteiger partial charge in [-0.15, -0.1) is 0 Å². The number of rotatable bonds is 6. The first-order valence-electron chi connectivity index (χ1n) is 8.84. The van der Waals surface area contributed by atoms with Crippen molar-refractivity contribution in [2.24, 2.45) is 5.92 Å². The van der Waals surface area contributed by atoms with Gasteiger partial charge in [-0.2, -0.15) is 0 Å². The molecule has 0 bridgehead atoms. The maximum Gasteiger partial charge on any atom is 0.325 e. The number of carbonyl (C=O) groups is 2. The Morgan fingerprint density at radius 3 is 3.17 bits per heavy atom. The van der Waals surface area contributed by atoms with Crippen LogP contribution in [0.3, 0.4) is 0 Å². The average molecular weight is 331 g/mol. The molecule has 6 heteroatoms. The van der Waals surface area contributed by atoms with E-state index in [2.05, 4.69) is 22.4 Å². The minimum absolute atomic E-state index is 0.00906. The molecule has 0 aromatic carbocycles. The molecule has 1 unspecified atom stereocenters. The Bertz CT molecular complexity index is 618. The standard InChI is InChI=1S/C18H25N3O3/c1-2-24-16(22)12-21-11-9-14(18(21)23)6-8-15-7-5-13-4-3-10-19-17(13)20-15/h5,7,14H,2-4,6,8-12H2,1H3,(H,19,20). The van der Waals surface area contributed by atoms with Crippen molar-refractivity contribution in [3.8, 4) is 0 Å². The van der Waals surface area contributed by atoms with Crippen LogP contribution >= 0.6 is 0 Å². The molecule has 0 aliphatic carbocycles. The molecule has 2 aliphatic heterocycles. The van der Waals surface area contributed by atoms with Crippen LogP contribution in [0.1, 0.15) is 37.4 Å².